The fourth-order valence-corrected chi connectivity index (χ4v) is 2.27. The number of aromatic amines is 1. The molecule has 106 valence electrons. The molecule has 21 heavy (non-hydrogen) atoms. The Hall–Kier alpha value is -2.62. The maximum atomic E-state index is 12.8. The van der Waals surface area contributed by atoms with Gasteiger partial charge in [-0.2, -0.15) is 0 Å². The molecule has 0 saturated heterocycles. The average Bonchev–Trinajstić information content (AvgIpc) is 2.47. The molecular weight excluding hydrogens is 267 g/mol. The van der Waals surface area contributed by atoms with Gasteiger partial charge in [0.25, 0.3) is 5.56 Å². The molecule has 1 aromatic heterocycles. The normalized spacial score (nSPS) is 10.8. The van der Waals surface area contributed by atoms with Gasteiger partial charge in [0, 0.05) is 23.3 Å². The van der Waals surface area contributed by atoms with Gasteiger partial charge in [-0.25, -0.2) is 4.39 Å². The predicted octanol–water partition coefficient (Wildman–Crippen LogP) is 3.59. The van der Waals surface area contributed by atoms with Crippen LogP contribution >= 0.6 is 0 Å². The number of aryl methyl sites for hydroxylation is 1. The lowest BCUT2D eigenvalue weighted by atomic mass is 10.1. The van der Waals surface area contributed by atoms with Crippen LogP contribution in [0.3, 0.4) is 0 Å². The number of H-pyrrole nitrogens is 1. The maximum absolute atomic E-state index is 12.8. The fourth-order valence-electron chi connectivity index (χ4n) is 2.27. The molecule has 3 nitrogen and oxygen atoms in total. The van der Waals surface area contributed by atoms with E-state index in [0.717, 1.165) is 22.2 Å². The first-order chi connectivity index (χ1) is 10.1. The number of benzene rings is 2. The summed E-state index contributed by atoms with van der Waals surface area (Å²) in [5, 5.41) is 4.13. The van der Waals surface area contributed by atoms with Crippen LogP contribution in [0, 0.1) is 12.7 Å². The molecule has 3 aromatic rings. The monoisotopic (exact) mass is 282 g/mol. The number of nitrogens with one attached hydrogen (secondary N) is 2. The van der Waals surface area contributed by atoms with Crippen molar-refractivity contribution in [2.45, 2.75) is 13.5 Å². The zero-order valence-electron chi connectivity index (χ0n) is 11.6. The zero-order valence-corrected chi connectivity index (χ0v) is 11.6. The highest BCUT2D eigenvalue weighted by Crippen LogP contribution is 2.14. The maximum Gasteiger partial charge on any atom is 0.253 e. The lowest BCUT2D eigenvalue weighted by molar-refractivity contribution is 0.628. The Kier molecular flexibility index (Phi) is 3.44. The summed E-state index contributed by atoms with van der Waals surface area (Å²) in [4.78, 5) is 14.9. The molecule has 0 fully saturated rings. The van der Waals surface area contributed by atoms with Crippen molar-refractivity contribution < 1.29 is 4.39 Å². The van der Waals surface area contributed by atoms with Crippen molar-refractivity contribution in [1.82, 2.24) is 4.98 Å². The Labute approximate surface area is 121 Å². The van der Waals surface area contributed by atoms with E-state index in [2.05, 4.69) is 10.3 Å². The summed E-state index contributed by atoms with van der Waals surface area (Å²) in [5.74, 6) is -0.278. The molecular formula is C17H15FN2O. The van der Waals surface area contributed by atoms with Crippen LogP contribution in [0.25, 0.3) is 10.9 Å². The summed E-state index contributed by atoms with van der Waals surface area (Å²) in [7, 11) is 0. The molecule has 4 heteroatoms. The summed E-state index contributed by atoms with van der Waals surface area (Å²) < 4.78 is 12.8. The van der Waals surface area contributed by atoms with E-state index in [1.54, 1.807) is 12.1 Å². The molecule has 1 heterocycles. The average molecular weight is 282 g/mol. The van der Waals surface area contributed by atoms with Crippen LogP contribution < -0.4 is 10.9 Å². The molecule has 0 atom stereocenters. The second-order valence-electron chi connectivity index (χ2n) is 5.07. The van der Waals surface area contributed by atoms with Crippen LogP contribution in [0.2, 0.25) is 0 Å². The van der Waals surface area contributed by atoms with Crippen LogP contribution in [0.4, 0.5) is 10.1 Å². The lowest BCUT2D eigenvalue weighted by Gasteiger charge is -2.07. The lowest BCUT2D eigenvalue weighted by Crippen LogP contribution is -2.15. The van der Waals surface area contributed by atoms with Crippen molar-refractivity contribution >= 4 is 16.6 Å². The summed E-state index contributed by atoms with van der Waals surface area (Å²) in [5.41, 5.74) is 3.29. The minimum absolute atomic E-state index is 0.110. The third-order valence-corrected chi connectivity index (χ3v) is 3.40. The minimum atomic E-state index is -0.278. The van der Waals surface area contributed by atoms with Gasteiger partial charge in [-0.05, 0) is 54.8 Å². The molecule has 2 N–H and O–H groups in total. The Morgan fingerprint density at radius 3 is 2.62 bits per heavy atom. The first-order valence-corrected chi connectivity index (χ1v) is 6.74. The van der Waals surface area contributed by atoms with Crippen molar-refractivity contribution in [3.8, 4) is 0 Å². The molecule has 0 aliphatic carbocycles. The van der Waals surface area contributed by atoms with Gasteiger partial charge in [0.15, 0.2) is 0 Å². The fraction of sp³-hybridized carbons (Fsp3) is 0.118. The van der Waals surface area contributed by atoms with Crippen molar-refractivity contribution in [2.24, 2.45) is 0 Å². The summed E-state index contributed by atoms with van der Waals surface area (Å²) in [6.07, 6.45) is 0. The van der Waals surface area contributed by atoms with Gasteiger partial charge in [-0.3, -0.25) is 4.79 Å². The molecule has 0 saturated carbocycles. The van der Waals surface area contributed by atoms with Gasteiger partial charge in [-0.1, -0.05) is 11.6 Å². The standard InChI is InChI=1S/C17H15FN2O/c1-11-2-7-16-12(8-11)9-13(17(21)20-16)10-19-15-5-3-14(18)4-6-15/h2-9,19H,10H2,1H3,(H,20,21). The highest BCUT2D eigenvalue weighted by atomic mass is 19.1. The number of anilines is 1. The number of fused-ring (bicyclic) bond motifs is 1. The summed E-state index contributed by atoms with van der Waals surface area (Å²) in [6.45, 7) is 2.41. The van der Waals surface area contributed by atoms with Crippen molar-refractivity contribution in [1.29, 1.82) is 0 Å². The van der Waals surface area contributed by atoms with Gasteiger partial charge >= 0.3 is 0 Å². The third-order valence-electron chi connectivity index (χ3n) is 3.40. The molecule has 3 rings (SSSR count). The first kappa shape index (κ1) is 13.4. The minimum Gasteiger partial charge on any atom is -0.381 e. The van der Waals surface area contributed by atoms with E-state index in [0.29, 0.717) is 12.1 Å². The van der Waals surface area contributed by atoms with Crippen molar-refractivity contribution in [3.63, 3.8) is 0 Å². The van der Waals surface area contributed by atoms with E-state index in [1.165, 1.54) is 12.1 Å². The molecule has 0 amide bonds. The predicted molar refractivity (Wildman–Crippen MR) is 83.0 cm³/mol. The molecule has 0 aliphatic rings. The number of aromatic nitrogens is 1. The molecule has 0 spiro atoms. The Morgan fingerprint density at radius 2 is 1.86 bits per heavy atom. The molecule has 2 aromatic carbocycles. The first-order valence-electron chi connectivity index (χ1n) is 6.74. The van der Waals surface area contributed by atoms with Gasteiger partial charge in [-0.15, -0.1) is 0 Å². The smallest absolute Gasteiger partial charge is 0.253 e. The molecule has 0 aliphatic heterocycles. The number of hydrogen-bond donors (Lipinski definition) is 2. The number of pyridine rings is 1. The van der Waals surface area contributed by atoms with E-state index in [-0.39, 0.29) is 11.4 Å². The van der Waals surface area contributed by atoms with Crippen LogP contribution in [-0.4, -0.2) is 4.98 Å². The quantitative estimate of drug-likeness (QED) is 0.771. The largest absolute Gasteiger partial charge is 0.381 e. The molecule has 0 unspecified atom stereocenters. The van der Waals surface area contributed by atoms with Gasteiger partial charge in [0.05, 0.1) is 0 Å². The third kappa shape index (κ3) is 2.94. The van der Waals surface area contributed by atoms with Crippen LogP contribution in [0.1, 0.15) is 11.1 Å². The van der Waals surface area contributed by atoms with Gasteiger partial charge < -0.3 is 10.3 Å². The van der Waals surface area contributed by atoms with Crippen LogP contribution in [0.5, 0.6) is 0 Å². The second-order valence-corrected chi connectivity index (χ2v) is 5.07. The number of rotatable bonds is 3. The van der Waals surface area contributed by atoms with Crippen LogP contribution in [0.15, 0.2) is 53.3 Å². The Morgan fingerprint density at radius 1 is 1.10 bits per heavy atom. The van der Waals surface area contributed by atoms with Gasteiger partial charge in [0.1, 0.15) is 5.82 Å². The SMILES string of the molecule is Cc1ccc2[nH]c(=O)c(CNc3ccc(F)cc3)cc2c1. The van der Waals surface area contributed by atoms with Crippen molar-refractivity contribution in [2.75, 3.05) is 5.32 Å². The highest BCUT2D eigenvalue weighted by molar-refractivity contribution is 5.79. The number of hydrogen-bond acceptors (Lipinski definition) is 2. The van der Waals surface area contributed by atoms with E-state index >= 15 is 0 Å². The zero-order chi connectivity index (χ0) is 14.8. The molecule has 0 bridgehead atoms. The second kappa shape index (κ2) is 5.40. The van der Waals surface area contributed by atoms with E-state index in [9.17, 15) is 9.18 Å². The topological polar surface area (TPSA) is 44.9 Å². The molecule has 0 radical (unpaired) electrons. The van der Waals surface area contributed by atoms with E-state index in [1.807, 2.05) is 31.2 Å². The van der Waals surface area contributed by atoms with E-state index < -0.39 is 0 Å². The Balaban J connectivity index is 1.87. The summed E-state index contributed by atoms with van der Waals surface area (Å²) in [6, 6.07) is 13.9. The Bertz CT molecular complexity index is 838. The number of halogens is 1. The van der Waals surface area contributed by atoms with Gasteiger partial charge in [0.2, 0.25) is 0 Å². The van der Waals surface area contributed by atoms with Crippen molar-refractivity contribution in [3.05, 3.63) is 75.8 Å². The highest BCUT2D eigenvalue weighted by Gasteiger charge is 2.03. The van der Waals surface area contributed by atoms with Crippen LogP contribution in [-0.2, 0) is 6.54 Å². The summed E-state index contributed by atoms with van der Waals surface area (Å²) >= 11 is 0. The van der Waals surface area contributed by atoms with E-state index in [4.69, 9.17) is 0 Å².